The monoisotopic (exact) mass is 416 g/mol. The van der Waals surface area contributed by atoms with Gasteiger partial charge in [-0.25, -0.2) is 0 Å². The third-order valence-corrected chi connectivity index (χ3v) is 6.72. The Bertz CT molecular complexity index is 981. The zero-order valence-electron chi connectivity index (χ0n) is 17.0. The number of benzene rings is 1. The van der Waals surface area contributed by atoms with Crippen LogP contribution in [0.15, 0.2) is 30.6 Å². The van der Waals surface area contributed by atoms with Crippen molar-refractivity contribution in [1.29, 1.82) is 5.26 Å². The molecule has 2 aromatic rings. The summed E-state index contributed by atoms with van der Waals surface area (Å²) in [7, 11) is 0. The standard InChI is InChI=1S/C21H25ClN4O3/c1-19(2)20(3,25-18(28)15-11-24-26(12-15)7-8-27)13-21(19,4)29-16-6-5-14(10-23)17(22)9-16/h5-6,9,11-12,27H,7-8,13H2,1-4H3,(H,25,28). The number of aromatic nitrogens is 2. The van der Waals surface area contributed by atoms with Gasteiger partial charge in [0.2, 0.25) is 0 Å². The topological polar surface area (TPSA) is 100 Å². The minimum absolute atomic E-state index is 0.0391. The molecule has 2 atom stereocenters. The van der Waals surface area contributed by atoms with Crippen LogP contribution in [0, 0.1) is 16.7 Å². The van der Waals surface area contributed by atoms with E-state index in [1.54, 1.807) is 24.4 Å². The maximum atomic E-state index is 12.7. The van der Waals surface area contributed by atoms with Crippen molar-refractivity contribution >= 4 is 17.5 Å². The van der Waals surface area contributed by atoms with E-state index in [0.717, 1.165) is 0 Å². The summed E-state index contributed by atoms with van der Waals surface area (Å²) in [5.74, 6) is 0.372. The first-order valence-corrected chi connectivity index (χ1v) is 9.77. The quantitative estimate of drug-likeness (QED) is 0.753. The lowest BCUT2D eigenvalue weighted by molar-refractivity contribution is -0.180. The average molecular weight is 417 g/mol. The lowest BCUT2D eigenvalue weighted by atomic mass is 9.48. The summed E-state index contributed by atoms with van der Waals surface area (Å²) in [5.41, 5.74) is -0.571. The summed E-state index contributed by atoms with van der Waals surface area (Å²) in [5, 5.41) is 25.6. The summed E-state index contributed by atoms with van der Waals surface area (Å²) in [4.78, 5) is 12.7. The second-order valence-corrected chi connectivity index (χ2v) is 8.80. The van der Waals surface area contributed by atoms with Crippen LogP contribution in [-0.4, -0.2) is 38.5 Å². The molecule has 2 N–H and O–H groups in total. The van der Waals surface area contributed by atoms with Gasteiger partial charge in [-0.15, -0.1) is 0 Å². The van der Waals surface area contributed by atoms with Gasteiger partial charge in [0, 0.05) is 24.1 Å². The molecule has 29 heavy (non-hydrogen) atoms. The van der Waals surface area contributed by atoms with Crippen molar-refractivity contribution in [3.63, 3.8) is 0 Å². The Balaban J connectivity index is 1.73. The molecule has 1 aliphatic rings. The normalized spacial score (nSPS) is 25.0. The Hall–Kier alpha value is -2.56. The Morgan fingerprint density at radius 1 is 1.41 bits per heavy atom. The Labute approximate surface area is 175 Å². The number of carbonyl (C=O) groups excluding carboxylic acids is 1. The minimum atomic E-state index is -0.534. The van der Waals surface area contributed by atoms with E-state index in [0.29, 0.717) is 34.9 Å². The molecule has 1 heterocycles. The van der Waals surface area contributed by atoms with Crippen molar-refractivity contribution in [3.05, 3.63) is 46.7 Å². The van der Waals surface area contributed by atoms with Crippen LogP contribution < -0.4 is 10.1 Å². The van der Waals surface area contributed by atoms with Crippen LogP contribution in [-0.2, 0) is 6.54 Å². The van der Waals surface area contributed by atoms with E-state index in [4.69, 9.17) is 26.7 Å². The molecule has 0 radical (unpaired) electrons. The van der Waals surface area contributed by atoms with Gasteiger partial charge < -0.3 is 15.2 Å². The van der Waals surface area contributed by atoms with E-state index in [-0.39, 0.29) is 12.5 Å². The van der Waals surface area contributed by atoms with Crippen LogP contribution >= 0.6 is 11.6 Å². The van der Waals surface area contributed by atoms with E-state index in [1.807, 2.05) is 19.9 Å². The molecular formula is C21H25ClN4O3. The van der Waals surface area contributed by atoms with Gasteiger partial charge in [-0.1, -0.05) is 25.4 Å². The Morgan fingerprint density at radius 3 is 2.72 bits per heavy atom. The molecule has 1 fully saturated rings. The molecule has 1 amide bonds. The molecule has 0 bridgehead atoms. The van der Waals surface area contributed by atoms with Crippen molar-refractivity contribution in [3.8, 4) is 11.8 Å². The molecule has 8 heteroatoms. The smallest absolute Gasteiger partial charge is 0.254 e. The van der Waals surface area contributed by atoms with Gasteiger partial charge >= 0.3 is 0 Å². The number of nitrogens with one attached hydrogen (secondary N) is 1. The van der Waals surface area contributed by atoms with Crippen molar-refractivity contribution in [1.82, 2.24) is 15.1 Å². The Morgan fingerprint density at radius 2 is 2.14 bits per heavy atom. The van der Waals surface area contributed by atoms with Crippen molar-refractivity contribution < 1.29 is 14.6 Å². The van der Waals surface area contributed by atoms with Crippen LogP contribution in [0.25, 0.3) is 0 Å². The summed E-state index contributed by atoms with van der Waals surface area (Å²) in [6, 6.07) is 7.05. The zero-order valence-corrected chi connectivity index (χ0v) is 17.7. The van der Waals surface area contributed by atoms with E-state index >= 15 is 0 Å². The van der Waals surface area contributed by atoms with Gasteiger partial charge in [0.15, 0.2) is 0 Å². The summed E-state index contributed by atoms with van der Waals surface area (Å²) in [6.07, 6.45) is 3.71. The fraction of sp³-hybridized carbons (Fsp3) is 0.476. The van der Waals surface area contributed by atoms with Crippen LogP contribution in [0.4, 0.5) is 0 Å². The second-order valence-electron chi connectivity index (χ2n) is 8.39. The van der Waals surface area contributed by atoms with Gasteiger partial charge in [0.05, 0.1) is 41.0 Å². The predicted octanol–water partition coefficient (Wildman–Crippen LogP) is 3.16. The summed E-state index contributed by atoms with van der Waals surface area (Å²) < 4.78 is 7.80. The molecule has 1 saturated carbocycles. The van der Waals surface area contributed by atoms with Crippen molar-refractivity contribution in [2.24, 2.45) is 5.41 Å². The minimum Gasteiger partial charge on any atom is -0.487 e. The maximum Gasteiger partial charge on any atom is 0.254 e. The number of nitriles is 1. The molecule has 3 rings (SSSR count). The molecule has 7 nitrogen and oxygen atoms in total. The number of hydrogen-bond donors (Lipinski definition) is 2. The second kappa shape index (κ2) is 7.36. The average Bonchev–Trinajstić information content (AvgIpc) is 3.10. The third-order valence-electron chi connectivity index (χ3n) is 6.41. The van der Waals surface area contributed by atoms with Gasteiger partial charge in [-0.3, -0.25) is 9.48 Å². The molecular weight excluding hydrogens is 392 g/mol. The Kier molecular flexibility index (Phi) is 5.37. The van der Waals surface area contributed by atoms with E-state index in [1.165, 1.54) is 10.9 Å². The fourth-order valence-corrected chi connectivity index (χ4v) is 4.11. The first kappa shape index (κ1) is 21.2. The molecule has 0 spiro atoms. The van der Waals surface area contributed by atoms with E-state index in [9.17, 15) is 4.79 Å². The largest absolute Gasteiger partial charge is 0.487 e. The molecule has 0 aliphatic heterocycles. The number of aliphatic hydroxyl groups excluding tert-OH is 1. The molecule has 0 saturated heterocycles. The highest BCUT2D eigenvalue weighted by atomic mass is 35.5. The van der Waals surface area contributed by atoms with Crippen LogP contribution in [0.3, 0.4) is 0 Å². The van der Waals surface area contributed by atoms with Crippen LogP contribution in [0.2, 0.25) is 5.02 Å². The summed E-state index contributed by atoms with van der Waals surface area (Å²) in [6.45, 7) is 8.41. The molecule has 2 unspecified atom stereocenters. The number of halogens is 1. The van der Waals surface area contributed by atoms with E-state index in [2.05, 4.69) is 24.3 Å². The number of aliphatic hydroxyl groups is 1. The molecule has 154 valence electrons. The zero-order chi connectivity index (χ0) is 21.4. The maximum absolute atomic E-state index is 12.7. The van der Waals surface area contributed by atoms with Gasteiger partial charge in [0.25, 0.3) is 5.91 Å². The van der Waals surface area contributed by atoms with E-state index < -0.39 is 16.6 Å². The SMILES string of the molecule is CC1(NC(=O)c2cnn(CCO)c2)CC(C)(Oc2ccc(C#N)c(Cl)c2)C1(C)C. The number of nitrogens with zero attached hydrogens (tertiary/aromatic N) is 3. The van der Waals surface area contributed by atoms with Crippen molar-refractivity contribution in [2.75, 3.05) is 6.61 Å². The lowest BCUT2D eigenvalue weighted by Crippen LogP contribution is -2.77. The number of amides is 1. The first-order valence-electron chi connectivity index (χ1n) is 9.40. The van der Waals surface area contributed by atoms with Crippen molar-refractivity contribution in [2.45, 2.75) is 51.8 Å². The summed E-state index contributed by atoms with van der Waals surface area (Å²) >= 11 is 6.12. The molecule has 1 aromatic heterocycles. The predicted molar refractivity (Wildman–Crippen MR) is 109 cm³/mol. The highest BCUT2D eigenvalue weighted by Gasteiger charge is 2.67. The number of ether oxygens (including phenoxy) is 1. The highest BCUT2D eigenvalue weighted by Crippen LogP contribution is 2.58. The van der Waals surface area contributed by atoms with Crippen LogP contribution in [0.1, 0.15) is 50.0 Å². The third kappa shape index (κ3) is 3.59. The fourth-order valence-electron chi connectivity index (χ4n) is 3.90. The number of carbonyl (C=O) groups is 1. The van der Waals surface area contributed by atoms with Gasteiger partial charge in [-0.2, -0.15) is 10.4 Å². The first-order chi connectivity index (χ1) is 13.5. The van der Waals surface area contributed by atoms with Gasteiger partial charge in [-0.05, 0) is 26.0 Å². The van der Waals surface area contributed by atoms with Gasteiger partial charge in [0.1, 0.15) is 17.4 Å². The van der Waals surface area contributed by atoms with Crippen LogP contribution in [0.5, 0.6) is 5.75 Å². The lowest BCUT2D eigenvalue weighted by Gasteiger charge is -2.65. The number of hydrogen-bond acceptors (Lipinski definition) is 5. The molecule has 1 aromatic carbocycles. The molecule has 1 aliphatic carbocycles. The number of rotatable bonds is 6. The highest BCUT2D eigenvalue weighted by molar-refractivity contribution is 6.31.